The van der Waals surface area contributed by atoms with Crippen LogP contribution in [0.2, 0.25) is 19.6 Å². The molecule has 206 valence electrons. The second-order valence-electron chi connectivity index (χ2n) is 8.69. The Balaban J connectivity index is 7.20. The van der Waals surface area contributed by atoms with Crippen molar-refractivity contribution < 1.29 is 79.7 Å². The third-order valence-corrected chi connectivity index (χ3v) is 8.36. The molecule has 1 atom stereocenters. The van der Waals surface area contributed by atoms with E-state index in [9.17, 15) is 79.7 Å². The van der Waals surface area contributed by atoms with Gasteiger partial charge < -0.3 is 5.11 Å². The zero-order valence-corrected chi connectivity index (χ0v) is 18.4. The molecule has 0 spiro atoms. The molecular weight excluding hydrogens is 547 g/mol. The molecule has 19 heteroatoms. The van der Waals surface area contributed by atoms with Gasteiger partial charge in [0.15, 0.2) is 0 Å². The molecule has 1 unspecified atom stereocenters. The van der Waals surface area contributed by atoms with Crippen molar-refractivity contribution in [2.75, 3.05) is 0 Å². The lowest BCUT2D eigenvalue weighted by atomic mass is 9.85. The summed E-state index contributed by atoms with van der Waals surface area (Å²) >= 11 is 0. The number of alkyl halides is 17. The first-order valence-electron chi connectivity index (χ1n) is 8.63. The van der Waals surface area contributed by atoms with Gasteiger partial charge in [-0.1, -0.05) is 33.5 Å². The van der Waals surface area contributed by atoms with Crippen LogP contribution in [-0.2, 0) is 0 Å². The first-order valence-corrected chi connectivity index (χ1v) is 12.1. The van der Waals surface area contributed by atoms with Crippen LogP contribution >= 0.6 is 0 Å². The van der Waals surface area contributed by atoms with Crippen molar-refractivity contribution in [3.05, 3.63) is 0 Å². The van der Waals surface area contributed by atoms with Crippen LogP contribution in [0.15, 0.2) is 0 Å². The van der Waals surface area contributed by atoms with Gasteiger partial charge in [-0.05, 0) is 5.92 Å². The van der Waals surface area contributed by atoms with Crippen molar-refractivity contribution in [2.24, 2.45) is 5.92 Å². The van der Waals surface area contributed by atoms with Crippen LogP contribution in [0, 0.1) is 5.92 Å². The minimum atomic E-state index is -8.68. The van der Waals surface area contributed by atoms with Gasteiger partial charge in [0.25, 0.3) is 0 Å². The van der Waals surface area contributed by atoms with E-state index in [2.05, 4.69) is 0 Å². The monoisotopic (exact) mass is 564 g/mol. The number of hydrogen-bond acceptors (Lipinski definition) is 1. The van der Waals surface area contributed by atoms with Gasteiger partial charge in [0.2, 0.25) is 0 Å². The molecule has 0 aliphatic heterocycles. The van der Waals surface area contributed by atoms with Crippen molar-refractivity contribution in [2.45, 2.75) is 86.3 Å². The molecule has 0 rings (SSSR count). The maximum Gasteiger partial charge on any atom is 0.460 e. The Kier molecular flexibility index (Phi) is 7.76. The van der Waals surface area contributed by atoms with Crippen LogP contribution in [0.25, 0.3) is 0 Å². The number of hydrogen-bond donors (Lipinski definition) is 1. The third kappa shape index (κ3) is 3.77. The average molecular weight is 564 g/mol. The van der Waals surface area contributed by atoms with E-state index < -0.39 is 66.9 Å². The number of rotatable bonds is 9. The molecule has 0 heterocycles. The molecule has 0 aromatic carbocycles. The minimum Gasteiger partial charge on any atom is -0.387 e. The van der Waals surface area contributed by atoms with E-state index in [4.69, 9.17) is 0 Å². The van der Waals surface area contributed by atoms with Crippen LogP contribution in [0.4, 0.5) is 74.6 Å². The molecule has 0 amide bonds. The maximum atomic E-state index is 14.6. The van der Waals surface area contributed by atoms with Gasteiger partial charge in [-0.2, -0.15) is 74.6 Å². The first kappa shape index (κ1) is 33.0. The molecule has 0 fully saturated rings. The van der Waals surface area contributed by atoms with E-state index in [1.807, 2.05) is 0 Å². The molecule has 1 N–H and O–H groups in total. The average Bonchev–Trinajstić information content (AvgIpc) is 2.57. The summed E-state index contributed by atoms with van der Waals surface area (Å²) in [5.41, 5.74) is 0. The number of aliphatic hydroxyl groups is 1. The summed E-state index contributed by atoms with van der Waals surface area (Å²) in [4.78, 5) is 0. The van der Waals surface area contributed by atoms with Crippen molar-refractivity contribution in [3.8, 4) is 0 Å². The van der Waals surface area contributed by atoms with Crippen molar-refractivity contribution in [3.63, 3.8) is 0 Å². The zero-order chi connectivity index (χ0) is 28.6. The summed E-state index contributed by atoms with van der Waals surface area (Å²) in [5, 5.41) is 5.81. The molecular formula is C15H17F17OSi. The van der Waals surface area contributed by atoms with Crippen molar-refractivity contribution >= 4 is 8.07 Å². The van der Waals surface area contributed by atoms with Gasteiger partial charge in [0.1, 0.15) is 5.22 Å². The normalized spacial score (nSPS) is 18.4. The quantitative estimate of drug-likeness (QED) is 0.231. The van der Waals surface area contributed by atoms with Gasteiger partial charge in [-0.25, -0.2) is 0 Å². The van der Waals surface area contributed by atoms with Gasteiger partial charge >= 0.3 is 47.6 Å². The Labute approximate surface area is 181 Å². The summed E-state index contributed by atoms with van der Waals surface area (Å²) in [6, 6.07) is 0. The van der Waals surface area contributed by atoms with Gasteiger partial charge in [0, 0.05) is 0 Å². The van der Waals surface area contributed by atoms with Gasteiger partial charge in [0.05, 0.1) is 8.07 Å². The highest BCUT2D eigenvalue weighted by molar-refractivity contribution is 6.79. The lowest BCUT2D eigenvalue weighted by molar-refractivity contribution is -0.466. The molecule has 34 heavy (non-hydrogen) atoms. The van der Waals surface area contributed by atoms with E-state index >= 15 is 0 Å². The Morgan fingerprint density at radius 3 is 0.824 bits per heavy atom. The van der Waals surface area contributed by atoms with E-state index in [-0.39, 0.29) is 0 Å². The summed E-state index contributed by atoms with van der Waals surface area (Å²) in [5.74, 6) is -59.4. The van der Waals surface area contributed by atoms with Crippen LogP contribution in [0.1, 0.15) is 13.8 Å². The summed E-state index contributed by atoms with van der Waals surface area (Å²) < 4.78 is 228. The highest BCUT2D eigenvalue weighted by Gasteiger charge is 2.96. The largest absolute Gasteiger partial charge is 0.460 e. The summed E-state index contributed by atoms with van der Waals surface area (Å²) in [6.07, 6.45) is -7.80. The predicted octanol–water partition coefficient (Wildman–Crippen LogP) is 7.26. The summed E-state index contributed by atoms with van der Waals surface area (Å²) in [6.45, 7) is 2.82. The SMILES string of the molecule is CC(C)C(O)(C(F)(F)C(F)(F)C(F)(F)C(F)(F)C(F)(F)C(F)(F)C(F)(F)C(F)(F)F)[Si](C)(C)C. The second kappa shape index (κ2) is 7.99. The second-order valence-corrected chi connectivity index (χ2v) is 14.0. The standard InChI is InChI=1S/C15H17F17OSi/c1-6(2)7(33,34(3,4)5)8(16,17)9(18,19)10(20,21)11(22,23)12(24,25)13(26,27)14(28,29)15(30,31)32/h6,33H,1-5H3. The van der Waals surface area contributed by atoms with E-state index in [1.54, 1.807) is 0 Å². The molecule has 0 aliphatic carbocycles. The van der Waals surface area contributed by atoms with E-state index in [0.717, 1.165) is 0 Å². The van der Waals surface area contributed by atoms with E-state index in [1.165, 1.54) is 0 Å². The lowest BCUT2D eigenvalue weighted by Crippen LogP contribution is -2.79. The molecule has 0 saturated heterocycles. The van der Waals surface area contributed by atoms with Crippen LogP contribution in [0.5, 0.6) is 0 Å². The Morgan fingerprint density at radius 1 is 0.441 bits per heavy atom. The fraction of sp³-hybridized carbons (Fsp3) is 1.00. The molecule has 0 aliphatic rings. The smallest absolute Gasteiger partial charge is 0.387 e. The fourth-order valence-electron chi connectivity index (χ4n) is 3.10. The molecule has 0 radical (unpaired) electrons. The maximum absolute atomic E-state index is 14.6. The topological polar surface area (TPSA) is 20.2 Å². The molecule has 1 nitrogen and oxygen atoms in total. The predicted molar refractivity (Wildman–Crippen MR) is 83.8 cm³/mol. The highest BCUT2D eigenvalue weighted by atomic mass is 28.3. The van der Waals surface area contributed by atoms with Crippen molar-refractivity contribution in [1.82, 2.24) is 0 Å². The number of halogens is 17. The van der Waals surface area contributed by atoms with Crippen LogP contribution in [0.3, 0.4) is 0 Å². The molecule has 0 aromatic heterocycles. The van der Waals surface area contributed by atoms with Gasteiger partial charge in [-0.3, -0.25) is 0 Å². The Morgan fingerprint density at radius 2 is 0.647 bits per heavy atom. The molecule has 0 saturated carbocycles. The Hall–Kier alpha value is -1.01. The Bertz CT molecular complexity index is 749. The van der Waals surface area contributed by atoms with E-state index in [0.29, 0.717) is 33.5 Å². The highest BCUT2D eigenvalue weighted by Crippen LogP contribution is 2.65. The lowest BCUT2D eigenvalue weighted by Gasteiger charge is -2.51. The first-order chi connectivity index (χ1) is 14.2. The molecule has 0 aromatic rings. The van der Waals surface area contributed by atoms with Crippen molar-refractivity contribution in [1.29, 1.82) is 0 Å². The van der Waals surface area contributed by atoms with Crippen LogP contribution in [-0.4, -0.2) is 66.0 Å². The molecule has 0 bridgehead atoms. The fourth-order valence-corrected chi connectivity index (χ4v) is 5.93. The van der Waals surface area contributed by atoms with Gasteiger partial charge in [-0.15, -0.1) is 0 Å². The minimum absolute atomic E-state index is 0.491. The zero-order valence-electron chi connectivity index (χ0n) is 17.4. The van der Waals surface area contributed by atoms with Crippen LogP contribution < -0.4 is 0 Å². The third-order valence-electron chi connectivity index (χ3n) is 5.18. The summed E-state index contributed by atoms with van der Waals surface area (Å²) in [7, 11) is -4.35.